The highest BCUT2D eigenvalue weighted by Gasteiger charge is 2.31. The van der Waals surface area contributed by atoms with Crippen LogP contribution in [0.5, 0.6) is 11.5 Å². The number of hydrogen-bond acceptors (Lipinski definition) is 4. The Bertz CT molecular complexity index is 490. The van der Waals surface area contributed by atoms with Crippen molar-refractivity contribution in [1.82, 2.24) is 0 Å². The first kappa shape index (κ1) is 15.1. The fraction of sp³-hybridized carbons (Fsp3) is 0.562. The smallest absolute Gasteiger partial charge is 0.124 e. The Balaban J connectivity index is 2.07. The number of methoxy groups -OCH3 is 1. The summed E-state index contributed by atoms with van der Waals surface area (Å²) in [6.45, 7) is 0.661. The van der Waals surface area contributed by atoms with E-state index in [9.17, 15) is 0 Å². The van der Waals surface area contributed by atoms with Gasteiger partial charge in [0.1, 0.15) is 11.5 Å². The van der Waals surface area contributed by atoms with Crippen molar-refractivity contribution in [3.8, 4) is 17.6 Å². The van der Waals surface area contributed by atoms with Gasteiger partial charge in [-0.3, -0.25) is 0 Å². The molecule has 1 saturated carbocycles. The lowest BCUT2D eigenvalue weighted by atomic mass is 9.76. The topological polar surface area (TPSA) is 42.2 Å². The van der Waals surface area contributed by atoms with E-state index in [1.807, 2.05) is 6.07 Å². The third-order valence-electron chi connectivity index (χ3n) is 4.04. The third kappa shape index (κ3) is 3.61. The highest BCUT2D eigenvalue weighted by Crippen LogP contribution is 2.38. The molecule has 1 aliphatic rings. The van der Waals surface area contributed by atoms with Crippen molar-refractivity contribution in [2.45, 2.75) is 32.1 Å². The Labute approximate surface area is 126 Å². The minimum Gasteiger partial charge on any atom is -0.497 e. The van der Waals surface area contributed by atoms with E-state index in [0.29, 0.717) is 23.7 Å². The van der Waals surface area contributed by atoms with Gasteiger partial charge in [0.15, 0.2) is 0 Å². The normalized spacial score (nSPS) is 17.2. The summed E-state index contributed by atoms with van der Waals surface area (Å²) in [6.07, 6.45) is 6.17. The molecule has 0 atom stereocenters. The predicted octanol–water partition coefficient (Wildman–Crippen LogP) is 3.83. The molecule has 1 fully saturated rings. The van der Waals surface area contributed by atoms with Gasteiger partial charge in [0.05, 0.1) is 25.3 Å². The van der Waals surface area contributed by atoms with E-state index < -0.39 is 0 Å². The van der Waals surface area contributed by atoms with Crippen molar-refractivity contribution in [2.24, 2.45) is 5.41 Å². The number of ether oxygens (including phenoxy) is 2. The SMILES string of the molecule is COc1cc(C#N)cc(OCC2(CS)CCCCC2)c1. The summed E-state index contributed by atoms with van der Waals surface area (Å²) in [7, 11) is 1.59. The van der Waals surface area contributed by atoms with Crippen LogP contribution in [-0.2, 0) is 0 Å². The first-order valence-corrected chi connectivity index (χ1v) is 7.67. The summed E-state index contributed by atoms with van der Waals surface area (Å²) in [5.74, 6) is 2.21. The van der Waals surface area contributed by atoms with Gasteiger partial charge in [0.25, 0.3) is 0 Å². The van der Waals surface area contributed by atoms with Gasteiger partial charge in [0.2, 0.25) is 0 Å². The van der Waals surface area contributed by atoms with Crippen LogP contribution in [0, 0.1) is 16.7 Å². The van der Waals surface area contributed by atoms with Crippen molar-refractivity contribution < 1.29 is 9.47 Å². The Kier molecular flexibility index (Phi) is 5.19. The summed E-state index contributed by atoms with van der Waals surface area (Å²) in [6, 6.07) is 7.43. The van der Waals surface area contributed by atoms with Gasteiger partial charge in [-0.05, 0) is 30.7 Å². The second-order valence-electron chi connectivity index (χ2n) is 5.52. The van der Waals surface area contributed by atoms with Crippen LogP contribution < -0.4 is 9.47 Å². The standard InChI is InChI=1S/C16H21NO2S/c1-18-14-7-13(10-17)8-15(9-14)19-11-16(12-20)5-3-2-4-6-16/h7-9,20H,2-6,11-12H2,1H3. The molecule has 3 nitrogen and oxygen atoms in total. The molecule has 0 bridgehead atoms. The van der Waals surface area contributed by atoms with E-state index >= 15 is 0 Å². The first-order chi connectivity index (χ1) is 9.71. The average molecular weight is 291 g/mol. The van der Waals surface area contributed by atoms with E-state index in [1.54, 1.807) is 19.2 Å². The summed E-state index contributed by atoms with van der Waals surface area (Å²) >= 11 is 4.52. The van der Waals surface area contributed by atoms with Crippen LogP contribution in [0.25, 0.3) is 0 Å². The number of hydrogen-bond donors (Lipinski definition) is 1. The molecule has 108 valence electrons. The van der Waals surface area contributed by atoms with E-state index in [0.717, 1.165) is 5.75 Å². The molecular weight excluding hydrogens is 270 g/mol. The third-order valence-corrected chi connectivity index (χ3v) is 4.71. The molecule has 1 aliphatic carbocycles. The number of nitriles is 1. The molecule has 1 aromatic carbocycles. The molecule has 0 spiro atoms. The lowest BCUT2D eigenvalue weighted by Crippen LogP contribution is -2.33. The zero-order chi connectivity index (χ0) is 14.4. The van der Waals surface area contributed by atoms with Gasteiger partial charge in [0, 0.05) is 11.5 Å². The Hall–Kier alpha value is -1.34. The van der Waals surface area contributed by atoms with Crippen molar-refractivity contribution in [1.29, 1.82) is 5.26 Å². The van der Waals surface area contributed by atoms with Crippen LogP contribution in [0.2, 0.25) is 0 Å². The number of thiol groups is 1. The summed E-state index contributed by atoms with van der Waals surface area (Å²) in [5.41, 5.74) is 0.736. The highest BCUT2D eigenvalue weighted by atomic mass is 32.1. The quantitative estimate of drug-likeness (QED) is 0.838. The molecule has 4 heteroatoms. The molecule has 20 heavy (non-hydrogen) atoms. The maximum Gasteiger partial charge on any atom is 0.124 e. The maximum atomic E-state index is 9.02. The minimum absolute atomic E-state index is 0.178. The Morgan fingerprint density at radius 1 is 1.20 bits per heavy atom. The van der Waals surface area contributed by atoms with Gasteiger partial charge < -0.3 is 9.47 Å². The Morgan fingerprint density at radius 3 is 2.50 bits per heavy atom. The summed E-state index contributed by atoms with van der Waals surface area (Å²) in [5, 5.41) is 9.02. The van der Waals surface area contributed by atoms with Crippen LogP contribution in [-0.4, -0.2) is 19.5 Å². The van der Waals surface area contributed by atoms with Crippen molar-refractivity contribution in [3.05, 3.63) is 23.8 Å². The molecule has 0 N–H and O–H groups in total. The number of nitrogens with zero attached hydrogens (tertiary/aromatic N) is 1. The highest BCUT2D eigenvalue weighted by molar-refractivity contribution is 7.80. The second-order valence-corrected chi connectivity index (χ2v) is 5.83. The maximum absolute atomic E-state index is 9.02. The van der Waals surface area contributed by atoms with Gasteiger partial charge in [-0.15, -0.1) is 0 Å². The predicted molar refractivity (Wildman–Crippen MR) is 82.6 cm³/mol. The monoisotopic (exact) mass is 291 g/mol. The van der Waals surface area contributed by atoms with Gasteiger partial charge in [-0.2, -0.15) is 17.9 Å². The lowest BCUT2D eigenvalue weighted by molar-refractivity contribution is 0.121. The van der Waals surface area contributed by atoms with Crippen molar-refractivity contribution in [3.63, 3.8) is 0 Å². The zero-order valence-electron chi connectivity index (χ0n) is 11.9. The molecule has 0 heterocycles. The van der Waals surface area contributed by atoms with E-state index in [-0.39, 0.29) is 5.41 Å². The molecule has 2 rings (SSSR count). The van der Waals surface area contributed by atoms with Crippen LogP contribution >= 0.6 is 12.6 Å². The summed E-state index contributed by atoms with van der Waals surface area (Å²) < 4.78 is 11.1. The van der Waals surface area contributed by atoms with Crippen LogP contribution in [0.1, 0.15) is 37.7 Å². The van der Waals surface area contributed by atoms with Gasteiger partial charge in [-0.25, -0.2) is 0 Å². The van der Waals surface area contributed by atoms with Crippen molar-refractivity contribution >= 4 is 12.6 Å². The van der Waals surface area contributed by atoms with E-state index in [1.165, 1.54) is 32.1 Å². The van der Waals surface area contributed by atoms with Gasteiger partial charge in [-0.1, -0.05) is 19.3 Å². The number of benzene rings is 1. The molecular formula is C16H21NO2S. The first-order valence-electron chi connectivity index (χ1n) is 7.04. The van der Waals surface area contributed by atoms with Crippen molar-refractivity contribution in [2.75, 3.05) is 19.5 Å². The molecule has 0 amide bonds. The van der Waals surface area contributed by atoms with E-state index in [2.05, 4.69) is 18.7 Å². The largest absolute Gasteiger partial charge is 0.497 e. The van der Waals surface area contributed by atoms with Crippen LogP contribution in [0.4, 0.5) is 0 Å². The molecule has 0 saturated heterocycles. The van der Waals surface area contributed by atoms with Crippen LogP contribution in [0.3, 0.4) is 0 Å². The van der Waals surface area contributed by atoms with E-state index in [4.69, 9.17) is 14.7 Å². The molecule has 1 aromatic rings. The lowest BCUT2D eigenvalue weighted by Gasteiger charge is -2.35. The molecule has 0 aliphatic heterocycles. The minimum atomic E-state index is 0.178. The fourth-order valence-electron chi connectivity index (χ4n) is 2.72. The second kappa shape index (κ2) is 6.90. The summed E-state index contributed by atoms with van der Waals surface area (Å²) in [4.78, 5) is 0. The van der Waals surface area contributed by atoms with Gasteiger partial charge >= 0.3 is 0 Å². The molecule has 0 unspecified atom stereocenters. The Morgan fingerprint density at radius 2 is 1.90 bits per heavy atom. The average Bonchev–Trinajstić information content (AvgIpc) is 2.53. The zero-order valence-corrected chi connectivity index (χ0v) is 12.8. The van der Waals surface area contributed by atoms with Crippen LogP contribution in [0.15, 0.2) is 18.2 Å². The number of rotatable bonds is 5. The molecule has 0 aromatic heterocycles. The molecule has 0 radical (unpaired) electrons. The fourth-order valence-corrected chi connectivity index (χ4v) is 3.13.